The van der Waals surface area contributed by atoms with Gasteiger partial charge in [0.15, 0.2) is 0 Å². The zero-order valence-corrected chi connectivity index (χ0v) is 10.7. The fourth-order valence-electron chi connectivity index (χ4n) is 2.73. The summed E-state index contributed by atoms with van der Waals surface area (Å²) in [4.78, 5) is 3.06. The van der Waals surface area contributed by atoms with E-state index in [1.165, 1.54) is 5.56 Å². The Bertz CT molecular complexity index is 425. The molecule has 5 heteroatoms. The summed E-state index contributed by atoms with van der Waals surface area (Å²) in [6.07, 6.45) is 6.40. The smallest absolute Gasteiger partial charge is 0.150 e. The van der Waals surface area contributed by atoms with Crippen LogP contribution in [0.3, 0.4) is 0 Å². The maximum atomic E-state index is 11.4. The molecule has 1 fully saturated rings. The summed E-state index contributed by atoms with van der Waals surface area (Å²) in [5.74, 6) is 1.53. The molecule has 2 heterocycles. The SMILES string of the molecule is NCCC(c1cc[nH]c1)C1CCS(=O)(=O)CC1. The molecule has 3 N–H and O–H groups in total. The van der Waals surface area contributed by atoms with Crippen molar-refractivity contribution < 1.29 is 8.42 Å². The van der Waals surface area contributed by atoms with E-state index in [1.54, 1.807) is 0 Å². The van der Waals surface area contributed by atoms with E-state index in [0.717, 1.165) is 19.3 Å². The van der Waals surface area contributed by atoms with Crippen molar-refractivity contribution in [2.75, 3.05) is 18.1 Å². The van der Waals surface area contributed by atoms with Crippen molar-refractivity contribution >= 4 is 9.84 Å². The van der Waals surface area contributed by atoms with Crippen LogP contribution in [0.2, 0.25) is 0 Å². The molecule has 0 amide bonds. The first-order valence-electron chi connectivity index (χ1n) is 6.15. The molecule has 0 aromatic carbocycles. The van der Waals surface area contributed by atoms with Crippen molar-refractivity contribution in [1.82, 2.24) is 4.98 Å². The molecule has 0 aliphatic carbocycles. The van der Waals surface area contributed by atoms with E-state index >= 15 is 0 Å². The van der Waals surface area contributed by atoms with Crippen LogP contribution < -0.4 is 5.73 Å². The van der Waals surface area contributed by atoms with Crippen molar-refractivity contribution in [3.05, 3.63) is 24.0 Å². The van der Waals surface area contributed by atoms with E-state index in [1.807, 2.05) is 12.4 Å². The molecular formula is C12H20N2O2S. The molecular weight excluding hydrogens is 236 g/mol. The van der Waals surface area contributed by atoms with Crippen molar-refractivity contribution in [3.8, 4) is 0 Å². The van der Waals surface area contributed by atoms with E-state index in [9.17, 15) is 8.42 Å². The van der Waals surface area contributed by atoms with Gasteiger partial charge in [-0.1, -0.05) is 0 Å². The predicted molar refractivity (Wildman–Crippen MR) is 68.6 cm³/mol. The van der Waals surface area contributed by atoms with Gasteiger partial charge < -0.3 is 10.7 Å². The van der Waals surface area contributed by atoms with Crippen LogP contribution in [0.5, 0.6) is 0 Å². The number of H-pyrrole nitrogens is 1. The van der Waals surface area contributed by atoms with Gasteiger partial charge in [-0.15, -0.1) is 0 Å². The van der Waals surface area contributed by atoms with Crippen LogP contribution in [0.4, 0.5) is 0 Å². The van der Waals surface area contributed by atoms with Crippen LogP contribution in [0, 0.1) is 5.92 Å². The summed E-state index contributed by atoms with van der Waals surface area (Å²) in [6, 6.07) is 2.07. The van der Waals surface area contributed by atoms with Crippen molar-refractivity contribution in [1.29, 1.82) is 0 Å². The van der Waals surface area contributed by atoms with E-state index in [0.29, 0.717) is 29.9 Å². The third kappa shape index (κ3) is 3.10. The van der Waals surface area contributed by atoms with Crippen LogP contribution in [0.25, 0.3) is 0 Å². The number of aromatic amines is 1. The van der Waals surface area contributed by atoms with Gasteiger partial charge in [-0.25, -0.2) is 8.42 Å². The Hall–Kier alpha value is -0.810. The van der Waals surface area contributed by atoms with Gasteiger partial charge in [0.1, 0.15) is 9.84 Å². The summed E-state index contributed by atoms with van der Waals surface area (Å²) >= 11 is 0. The lowest BCUT2D eigenvalue weighted by Gasteiger charge is -2.29. The average Bonchev–Trinajstić information content (AvgIpc) is 2.80. The molecule has 1 aliphatic heterocycles. The highest BCUT2D eigenvalue weighted by Crippen LogP contribution is 2.35. The van der Waals surface area contributed by atoms with Crippen LogP contribution in [0.1, 0.15) is 30.7 Å². The number of rotatable bonds is 4. The third-order valence-electron chi connectivity index (χ3n) is 3.70. The maximum absolute atomic E-state index is 11.4. The minimum Gasteiger partial charge on any atom is -0.367 e. The molecule has 1 aliphatic rings. The second-order valence-corrected chi connectivity index (χ2v) is 7.12. The third-order valence-corrected chi connectivity index (χ3v) is 5.41. The van der Waals surface area contributed by atoms with Gasteiger partial charge in [0, 0.05) is 12.4 Å². The average molecular weight is 256 g/mol. The van der Waals surface area contributed by atoms with Crippen LogP contribution in [0.15, 0.2) is 18.5 Å². The summed E-state index contributed by atoms with van der Waals surface area (Å²) < 4.78 is 22.9. The minimum atomic E-state index is -2.77. The monoisotopic (exact) mass is 256 g/mol. The fraction of sp³-hybridized carbons (Fsp3) is 0.667. The molecule has 0 radical (unpaired) electrons. The molecule has 96 valence electrons. The summed E-state index contributed by atoms with van der Waals surface area (Å²) in [5.41, 5.74) is 6.93. The number of sulfone groups is 1. The van der Waals surface area contributed by atoms with Gasteiger partial charge >= 0.3 is 0 Å². The number of hydrogen-bond acceptors (Lipinski definition) is 3. The molecule has 17 heavy (non-hydrogen) atoms. The van der Waals surface area contributed by atoms with Crippen LogP contribution >= 0.6 is 0 Å². The Morgan fingerprint density at radius 3 is 2.65 bits per heavy atom. The predicted octanol–water partition coefficient (Wildman–Crippen LogP) is 1.27. The van der Waals surface area contributed by atoms with E-state index in [4.69, 9.17) is 5.73 Å². The highest BCUT2D eigenvalue weighted by Gasteiger charge is 2.30. The zero-order chi connectivity index (χ0) is 12.3. The van der Waals surface area contributed by atoms with Crippen molar-refractivity contribution in [3.63, 3.8) is 0 Å². The molecule has 1 atom stereocenters. The van der Waals surface area contributed by atoms with E-state index < -0.39 is 9.84 Å². The minimum absolute atomic E-state index is 0.336. The number of hydrogen-bond donors (Lipinski definition) is 2. The Kier molecular flexibility index (Phi) is 3.89. The highest BCUT2D eigenvalue weighted by atomic mass is 32.2. The van der Waals surface area contributed by atoms with Gasteiger partial charge in [-0.05, 0) is 49.3 Å². The molecule has 1 aromatic rings. The Labute approximate surface area is 103 Å². The largest absolute Gasteiger partial charge is 0.367 e. The van der Waals surface area contributed by atoms with Crippen LogP contribution in [-0.4, -0.2) is 31.5 Å². The Balaban J connectivity index is 2.08. The second kappa shape index (κ2) is 5.23. The zero-order valence-electron chi connectivity index (χ0n) is 9.93. The summed E-state index contributed by atoms with van der Waals surface area (Å²) in [6.45, 7) is 0.652. The van der Waals surface area contributed by atoms with Gasteiger partial charge in [-0.3, -0.25) is 0 Å². The molecule has 1 aromatic heterocycles. The molecule has 1 saturated heterocycles. The van der Waals surface area contributed by atoms with Gasteiger partial charge in [0.25, 0.3) is 0 Å². The Morgan fingerprint density at radius 2 is 2.12 bits per heavy atom. The number of aromatic nitrogens is 1. The van der Waals surface area contributed by atoms with Crippen molar-refractivity contribution in [2.45, 2.75) is 25.2 Å². The summed E-state index contributed by atoms with van der Waals surface area (Å²) in [7, 11) is -2.77. The topological polar surface area (TPSA) is 76.0 Å². The maximum Gasteiger partial charge on any atom is 0.150 e. The lowest BCUT2D eigenvalue weighted by atomic mass is 9.81. The van der Waals surface area contributed by atoms with E-state index in [2.05, 4.69) is 11.1 Å². The molecule has 4 nitrogen and oxygen atoms in total. The highest BCUT2D eigenvalue weighted by molar-refractivity contribution is 7.91. The van der Waals surface area contributed by atoms with E-state index in [-0.39, 0.29) is 0 Å². The molecule has 1 unspecified atom stereocenters. The molecule has 0 spiro atoms. The Morgan fingerprint density at radius 1 is 1.41 bits per heavy atom. The fourth-order valence-corrected chi connectivity index (χ4v) is 4.26. The normalized spacial score (nSPS) is 22.4. The van der Waals surface area contributed by atoms with Gasteiger partial charge in [-0.2, -0.15) is 0 Å². The standard InChI is InChI=1S/C12H20N2O2S/c13-5-1-12(11-2-6-14-9-11)10-3-7-17(15,16)8-4-10/h2,6,9-10,12,14H,1,3-5,7-8,13H2. The lowest BCUT2D eigenvalue weighted by molar-refractivity contribution is 0.371. The first kappa shape index (κ1) is 12.6. The molecule has 0 bridgehead atoms. The molecule has 0 saturated carbocycles. The lowest BCUT2D eigenvalue weighted by Crippen LogP contribution is -2.28. The van der Waals surface area contributed by atoms with Crippen LogP contribution in [-0.2, 0) is 9.84 Å². The molecule has 2 rings (SSSR count). The van der Waals surface area contributed by atoms with Gasteiger partial charge in [0.2, 0.25) is 0 Å². The van der Waals surface area contributed by atoms with Crippen molar-refractivity contribution in [2.24, 2.45) is 11.7 Å². The quantitative estimate of drug-likeness (QED) is 0.852. The summed E-state index contributed by atoms with van der Waals surface area (Å²) in [5, 5.41) is 0. The number of nitrogens with two attached hydrogens (primary N) is 1. The first-order valence-corrected chi connectivity index (χ1v) is 7.98. The first-order chi connectivity index (χ1) is 8.12. The van der Waals surface area contributed by atoms with Gasteiger partial charge in [0.05, 0.1) is 11.5 Å². The second-order valence-electron chi connectivity index (χ2n) is 4.82. The number of nitrogens with one attached hydrogen (secondary N) is 1.